The van der Waals surface area contributed by atoms with E-state index in [9.17, 15) is 0 Å². The molecule has 1 radical (unpaired) electrons. The fraction of sp³-hybridized carbons (Fsp3) is 0.222. The summed E-state index contributed by atoms with van der Waals surface area (Å²) in [5.74, 6) is 0. The molecule has 1 saturated heterocycles. The lowest BCUT2D eigenvalue weighted by atomic mass is 10.2. The van der Waals surface area contributed by atoms with Crippen molar-refractivity contribution in [3.8, 4) is 0 Å². The van der Waals surface area contributed by atoms with Crippen molar-refractivity contribution in [1.29, 1.82) is 0 Å². The first-order valence-electron chi connectivity index (χ1n) is 4.12. The number of thiol groups is 4. The highest BCUT2D eigenvalue weighted by atomic mass is 32.2. The van der Waals surface area contributed by atoms with Crippen molar-refractivity contribution < 1.29 is 9.47 Å². The van der Waals surface area contributed by atoms with Crippen molar-refractivity contribution in [3.05, 3.63) is 42.2 Å². The average Bonchev–Trinajstić information content (AvgIpc) is 2.38. The van der Waals surface area contributed by atoms with Crippen molar-refractivity contribution >= 4 is 50.5 Å². The van der Waals surface area contributed by atoms with E-state index in [1.54, 1.807) is 0 Å². The molecule has 0 N–H and O–H groups in total. The van der Waals surface area contributed by atoms with Gasteiger partial charge in [-0.3, -0.25) is 0 Å². The molecule has 2 rings (SSSR count). The Morgan fingerprint density at radius 2 is 1.27 bits per heavy atom. The van der Waals surface area contributed by atoms with Crippen molar-refractivity contribution in [2.75, 3.05) is 0 Å². The quantitative estimate of drug-likeness (QED) is 0.467. The molecule has 81 valence electrons. The maximum atomic E-state index is 5.42. The molecular weight excluding hydrogens is 268 g/mol. The van der Waals surface area contributed by atoms with Crippen LogP contribution >= 0.6 is 50.5 Å². The topological polar surface area (TPSA) is 18.5 Å². The predicted molar refractivity (Wildman–Crippen MR) is 72.4 cm³/mol. The zero-order valence-corrected chi connectivity index (χ0v) is 11.1. The van der Waals surface area contributed by atoms with E-state index in [1.165, 1.54) is 0 Å². The third-order valence-electron chi connectivity index (χ3n) is 1.90. The van der Waals surface area contributed by atoms with E-state index >= 15 is 0 Å². The molecule has 1 aromatic rings. The van der Waals surface area contributed by atoms with Gasteiger partial charge < -0.3 is 9.47 Å². The molecule has 0 amide bonds. The third-order valence-corrected chi connectivity index (χ3v) is 4.23. The summed E-state index contributed by atoms with van der Waals surface area (Å²) in [6.45, 7) is 0. The summed E-state index contributed by atoms with van der Waals surface area (Å²) in [5.41, 5.74) is 0.801. The first kappa shape index (κ1) is 12.0. The molecule has 0 unspecified atom stereocenters. The number of rotatable bonds is 1. The molecule has 0 aliphatic carbocycles. The van der Waals surface area contributed by atoms with E-state index < -0.39 is 8.53 Å². The highest BCUT2D eigenvalue weighted by molar-refractivity contribution is 8.07. The van der Waals surface area contributed by atoms with Crippen LogP contribution in [-0.2, 0) is 9.47 Å². The lowest BCUT2D eigenvalue weighted by Gasteiger charge is -2.25. The van der Waals surface area contributed by atoms with Gasteiger partial charge in [0.05, 0.1) is 0 Å². The Morgan fingerprint density at radius 1 is 0.800 bits per heavy atom. The van der Waals surface area contributed by atoms with Gasteiger partial charge in [0.25, 0.3) is 6.29 Å². The molecule has 1 aliphatic rings. The van der Waals surface area contributed by atoms with Gasteiger partial charge in [0.1, 0.15) is 0 Å². The molecule has 15 heavy (non-hydrogen) atoms. The van der Waals surface area contributed by atoms with Crippen LogP contribution in [0.5, 0.6) is 0 Å². The summed E-state index contributed by atoms with van der Waals surface area (Å²) < 4.78 is 8.49. The Labute approximate surface area is 110 Å². The van der Waals surface area contributed by atoms with E-state index in [0.29, 0.717) is 6.29 Å². The van der Waals surface area contributed by atoms with E-state index in [4.69, 9.17) is 9.47 Å². The van der Waals surface area contributed by atoms with Crippen LogP contribution in [0.4, 0.5) is 0 Å². The van der Waals surface area contributed by atoms with Crippen molar-refractivity contribution in [2.45, 2.75) is 8.53 Å². The Balaban J connectivity index is 2.24. The van der Waals surface area contributed by atoms with Gasteiger partial charge in [-0.15, -0.1) is 50.5 Å². The van der Waals surface area contributed by atoms with Crippen molar-refractivity contribution in [1.82, 2.24) is 0 Å². The molecule has 6 heteroatoms. The smallest absolute Gasteiger partial charge is 0.260 e. The van der Waals surface area contributed by atoms with Gasteiger partial charge >= 0.3 is 0 Å². The predicted octanol–water partition coefficient (Wildman–Crippen LogP) is 2.60. The molecule has 1 heterocycles. The van der Waals surface area contributed by atoms with E-state index in [1.807, 2.05) is 30.3 Å². The number of ether oxygens (including phenoxy) is 2. The fourth-order valence-corrected chi connectivity index (χ4v) is 1.62. The molecule has 0 aromatic heterocycles. The van der Waals surface area contributed by atoms with Crippen molar-refractivity contribution in [3.63, 3.8) is 0 Å². The minimum atomic E-state index is -1.18. The molecule has 1 fully saturated rings. The van der Waals surface area contributed by atoms with Crippen LogP contribution in [0.25, 0.3) is 0 Å². The van der Waals surface area contributed by atoms with Crippen molar-refractivity contribution in [2.24, 2.45) is 0 Å². The first-order valence-corrected chi connectivity index (χ1v) is 5.91. The van der Waals surface area contributed by atoms with Crippen LogP contribution in [0.15, 0.2) is 30.3 Å². The Morgan fingerprint density at radius 3 is 1.73 bits per heavy atom. The SMILES string of the molecule is SC1(S)O[C](c2ccccc2)OC1(S)S. The van der Waals surface area contributed by atoms with E-state index in [-0.39, 0.29) is 0 Å². The van der Waals surface area contributed by atoms with E-state index in [0.717, 1.165) is 5.56 Å². The summed E-state index contributed by atoms with van der Waals surface area (Å²) in [5, 5.41) is 0. The van der Waals surface area contributed by atoms with Gasteiger partial charge in [0.2, 0.25) is 8.53 Å². The maximum Gasteiger partial charge on any atom is 0.260 e. The summed E-state index contributed by atoms with van der Waals surface area (Å²) in [6.07, 6.45) is 0.325. The zero-order valence-electron chi connectivity index (χ0n) is 7.49. The Bertz CT molecular complexity index is 336. The number of benzene rings is 1. The van der Waals surface area contributed by atoms with Gasteiger partial charge in [-0.05, 0) is 0 Å². The molecule has 0 bridgehead atoms. The third kappa shape index (κ3) is 2.30. The van der Waals surface area contributed by atoms with Gasteiger partial charge in [-0.1, -0.05) is 30.3 Å². The summed E-state index contributed by atoms with van der Waals surface area (Å²) in [4.78, 5) is 0. The van der Waals surface area contributed by atoms with Gasteiger partial charge in [-0.2, -0.15) is 0 Å². The van der Waals surface area contributed by atoms with Crippen LogP contribution in [-0.4, -0.2) is 8.53 Å². The molecule has 2 nitrogen and oxygen atoms in total. The molecule has 1 aromatic carbocycles. The maximum absolute atomic E-state index is 5.42. The molecule has 0 spiro atoms. The van der Waals surface area contributed by atoms with Crippen LogP contribution in [0, 0.1) is 6.29 Å². The minimum Gasteiger partial charge on any atom is -0.309 e. The van der Waals surface area contributed by atoms with Crippen LogP contribution in [0.1, 0.15) is 5.56 Å². The number of hydrogen-bond donors (Lipinski definition) is 4. The minimum absolute atomic E-state index is 0.325. The van der Waals surface area contributed by atoms with E-state index in [2.05, 4.69) is 50.5 Å². The van der Waals surface area contributed by atoms with Gasteiger partial charge in [0.15, 0.2) is 0 Å². The first-order chi connectivity index (χ1) is 6.92. The normalized spacial score (nSPS) is 24.3. The molecular formula is C9H9O2S4. The van der Waals surface area contributed by atoms with Crippen LogP contribution < -0.4 is 0 Å². The molecule has 0 atom stereocenters. The Hall–Kier alpha value is 0.540. The largest absolute Gasteiger partial charge is 0.309 e. The molecule has 0 saturated carbocycles. The summed E-state index contributed by atoms with van der Waals surface area (Å²) >= 11 is 16.7. The standard InChI is InChI=1S/C9H9O2S4/c12-8(13)9(14,15)11-7(10-8)6-4-2-1-3-5-6/h1-5,12-15H. The highest BCUT2D eigenvalue weighted by Gasteiger charge is 2.55. The van der Waals surface area contributed by atoms with Crippen LogP contribution in [0.2, 0.25) is 0 Å². The zero-order chi connectivity index (χ0) is 11.1. The summed E-state index contributed by atoms with van der Waals surface area (Å²) in [6, 6.07) is 9.38. The monoisotopic (exact) mass is 277 g/mol. The number of hydrogen-bond acceptors (Lipinski definition) is 6. The second-order valence-electron chi connectivity index (χ2n) is 3.07. The van der Waals surface area contributed by atoms with Crippen LogP contribution in [0.3, 0.4) is 0 Å². The average molecular weight is 277 g/mol. The highest BCUT2D eigenvalue weighted by Crippen LogP contribution is 2.53. The lowest BCUT2D eigenvalue weighted by Crippen LogP contribution is -2.32. The van der Waals surface area contributed by atoms with Gasteiger partial charge in [0, 0.05) is 5.56 Å². The molecule has 1 aliphatic heterocycles. The summed E-state index contributed by atoms with van der Waals surface area (Å²) in [7, 11) is 0. The van der Waals surface area contributed by atoms with Gasteiger partial charge in [-0.25, -0.2) is 0 Å². The lowest BCUT2D eigenvalue weighted by molar-refractivity contribution is 0.0827. The second kappa shape index (κ2) is 4.09. The second-order valence-corrected chi connectivity index (χ2v) is 6.30. The fourth-order valence-electron chi connectivity index (χ4n) is 1.10. The Kier molecular flexibility index (Phi) is 3.27.